The molecule has 0 atom stereocenters. The van der Waals surface area contributed by atoms with Crippen LogP contribution in [0.1, 0.15) is 12.8 Å². The van der Waals surface area contributed by atoms with Gasteiger partial charge in [-0.05, 0) is 55.1 Å². The van der Waals surface area contributed by atoms with E-state index in [1.165, 1.54) is 10.6 Å². The quantitative estimate of drug-likeness (QED) is 0.335. The second-order valence-corrected chi connectivity index (χ2v) is 10.7. The third kappa shape index (κ3) is 7.01. The molecule has 1 aromatic heterocycles. The Labute approximate surface area is 243 Å². The average molecular weight is 590 g/mol. The van der Waals surface area contributed by atoms with Crippen molar-refractivity contribution in [2.45, 2.75) is 19.6 Å². The number of hydrogen-bond acceptors (Lipinski definition) is 7. The number of hydrogen-bond donors (Lipinski definition) is 0. The molecule has 0 bridgehead atoms. The summed E-state index contributed by atoms with van der Waals surface area (Å²) in [6, 6.07) is 14.7. The maximum Gasteiger partial charge on any atom is 0.411 e. The number of unbranched alkanes of at least 4 members (excludes halogenated alkanes) is 1. The molecular formula is C29H34Cl2N4O5. The second kappa shape index (κ2) is 13.6. The topological polar surface area (TPSA) is 76.5 Å². The van der Waals surface area contributed by atoms with Crippen LogP contribution in [0.15, 0.2) is 53.3 Å². The van der Waals surface area contributed by atoms with Gasteiger partial charge in [0.1, 0.15) is 5.75 Å². The van der Waals surface area contributed by atoms with Crippen molar-refractivity contribution in [1.29, 1.82) is 0 Å². The Morgan fingerprint density at radius 3 is 2.50 bits per heavy atom. The number of morpholine rings is 1. The van der Waals surface area contributed by atoms with Crippen LogP contribution in [0, 0.1) is 0 Å². The van der Waals surface area contributed by atoms with Crippen LogP contribution in [0.4, 0.5) is 10.5 Å². The van der Waals surface area contributed by atoms with Crippen molar-refractivity contribution in [3.8, 4) is 5.75 Å². The number of fused-ring (bicyclic) bond motifs is 1. The lowest BCUT2D eigenvalue weighted by molar-refractivity contribution is 0.0180. The van der Waals surface area contributed by atoms with Gasteiger partial charge in [-0.2, -0.15) is 0 Å². The number of pyridine rings is 1. The number of carbonyl (C=O) groups is 1. The Hall–Kier alpha value is -2.98. The van der Waals surface area contributed by atoms with Gasteiger partial charge in [-0.3, -0.25) is 14.3 Å². The summed E-state index contributed by atoms with van der Waals surface area (Å²) in [5.41, 5.74) is 1.42. The Kier molecular flexibility index (Phi) is 9.70. The summed E-state index contributed by atoms with van der Waals surface area (Å²) in [5, 5.41) is 2.07. The van der Waals surface area contributed by atoms with Gasteiger partial charge in [0.15, 0.2) is 6.73 Å². The van der Waals surface area contributed by atoms with E-state index < -0.39 is 6.09 Å². The normalized spacial score (nSPS) is 16.4. The summed E-state index contributed by atoms with van der Waals surface area (Å²) in [7, 11) is 0. The maximum absolute atomic E-state index is 12.6. The predicted octanol–water partition coefficient (Wildman–Crippen LogP) is 4.72. The van der Waals surface area contributed by atoms with Crippen molar-refractivity contribution in [3.05, 3.63) is 68.9 Å². The van der Waals surface area contributed by atoms with Gasteiger partial charge < -0.3 is 24.0 Å². The van der Waals surface area contributed by atoms with Crippen molar-refractivity contribution < 1.29 is 19.0 Å². The van der Waals surface area contributed by atoms with E-state index in [0.29, 0.717) is 54.2 Å². The Morgan fingerprint density at radius 1 is 0.925 bits per heavy atom. The molecule has 40 heavy (non-hydrogen) atoms. The number of benzene rings is 2. The summed E-state index contributed by atoms with van der Waals surface area (Å²) in [5.74, 6) is 0.679. The van der Waals surface area contributed by atoms with Crippen LogP contribution >= 0.6 is 23.2 Å². The minimum absolute atomic E-state index is 0.160. The number of anilines is 1. The number of carbonyl (C=O) groups excluding carboxylic acids is 1. The molecule has 0 unspecified atom stereocenters. The van der Waals surface area contributed by atoms with Crippen molar-refractivity contribution >= 4 is 45.9 Å². The molecule has 5 rings (SSSR count). The monoisotopic (exact) mass is 588 g/mol. The van der Waals surface area contributed by atoms with E-state index >= 15 is 0 Å². The highest BCUT2D eigenvalue weighted by Crippen LogP contribution is 2.33. The minimum atomic E-state index is -0.450. The first-order chi connectivity index (χ1) is 19.5. The molecule has 0 saturated carbocycles. The molecule has 3 heterocycles. The molecule has 0 spiro atoms. The van der Waals surface area contributed by atoms with E-state index in [9.17, 15) is 9.59 Å². The molecule has 2 aromatic carbocycles. The van der Waals surface area contributed by atoms with Crippen LogP contribution in [0.2, 0.25) is 10.0 Å². The van der Waals surface area contributed by atoms with Gasteiger partial charge in [-0.15, -0.1) is 0 Å². The molecule has 0 aliphatic carbocycles. The van der Waals surface area contributed by atoms with E-state index in [4.69, 9.17) is 37.4 Å². The lowest BCUT2D eigenvalue weighted by Crippen LogP contribution is -2.46. The van der Waals surface area contributed by atoms with E-state index in [1.807, 2.05) is 36.4 Å². The average Bonchev–Trinajstić information content (AvgIpc) is 2.98. The van der Waals surface area contributed by atoms with E-state index in [2.05, 4.69) is 9.80 Å². The molecule has 3 aromatic rings. The van der Waals surface area contributed by atoms with Crippen LogP contribution < -0.4 is 15.2 Å². The molecule has 1 amide bonds. The van der Waals surface area contributed by atoms with Gasteiger partial charge in [0.05, 0.1) is 41.1 Å². The third-order valence-corrected chi connectivity index (χ3v) is 8.14. The van der Waals surface area contributed by atoms with Crippen LogP contribution in [-0.4, -0.2) is 86.1 Å². The Balaban J connectivity index is 1.08. The predicted molar refractivity (Wildman–Crippen MR) is 157 cm³/mol. The zero-order valence-electron chi connectivity index (χ0n) is 22.4. The molecule has 2 aliphatic rings. The molecule has 2 aliphatic heterocycles. The standard InChI is InChI=1S/C29H34Cl2N4O5/c30-24-4-3-5-25(28(24)31)33-13-11-32(12-14-33)10-1-2-17-39-23-8-6-22-7-9-27(36)35(26(22)20-23)21-40-29(37)34-15-18-38-19-16-34/h3-9,20H,1-2,10-19,21H2. The number of rotatable bonds is 9. The fourth-order valence-corrected chi connectivity index (χ4v) is 5.44. The van der Waals surface area contributed by atoms with E-state index in [-0.39, 0.29) is 12.3 Å². The molecule has 0 N–H and O–H groups in total. The summed E-state index contributed by atoms with van der Waals surface area (Å²) < 4.78 is 18.2. The molecule has 2 fully saturated rings. The van der Waals surface area contributed by atoms with Crippen LogP contribution in [0.25, 0.3) is 10.9 Å². The highest BCUT2D eigenvalue weighted by atomic mass is 35.5. The largest absolute Gasteiger partial charge is 0.494 e. The first-order valence-corrected chi connectivity index (χ1v) is 14.4. The summed E-state index contributed by atoms with van der Waals surface area (Å²) in [4.78, 5) is 31.3. The van der Waals surface area contributed by atoms with Crippen molar-refractivity contribution in [2.75, 3.05) is 70.5 Å². The maximum atomic E-state index is 12.6. The van der Waals surface area contributed by atoms with Gasteiger partial charge in [-0.1, -0.05) is 29.3 Å². The second-order valence-electron chi connectivity index (χ2n) is 9.92. The zero-order valence-corrected chi connectivity index (χ0v) is 23.9. The number of piperazine rings is 1. The van der Waals surface area contributed by atoms with Gasteiger partial charge in [-0.25, -0.2) is 4.79 Å². The van der Waals surface area contributed by atoms with Crippen molar-refractivity contribution in [1.82, 2.24) is 14.4 Å². The van der Waals surface area contributed by atoms with E-state index in [0.717, 1.165) is 56.6 Å². The first-order valence-electron chi connectivity index (χ1n) is 13.7. The Bertz CT molecular complexity index is 1370. The lowest BCUT2D eigenvalue weighted by atomic mass is 10.2. The van der Waals surface area contributed by atoms with Gasteiger partial charge in [0.25, 0.3) is 5.56 Å². The van der Waals surface area contributed by atoms with Crippen LogP contribution in [0.5, 0.6) is 5.75 Å². The van der Waals surface area contributed by atoms with Gasteiger partial charge in [0.2, 0.25) is 0 Å². The van der Waals surface area contributed by atoms with Crippen molar-refractivity contribution in [2.24, 2.45) is 0 Å². The SMILES string of the molecule is O=C(OCn1c(=O)ccc2ccc(OCCCCN3CCN(c4cccc(Cl)c4Cl)CC3)cc21)N1CCOCC1. The first kappa shape index (κ1) is 28.5. The molecule has 0 radical (unpaired) electrons. The lowest BCUT2D eigenvalue weighted by Gasteiger charge is -2.36. The van der Waals surface area contributed by atoms with Gasteiger partial charge in [0, 0.05) is 51.4 Å². The number of halogens is 2. The summed E-state index contributed by atoms with van der Waals surface area (Å²) >= 11 is 12.6. The summed E-state index contributed by atoms with van der Waals surface area (Å²) in [6.45, 7) is 7.13. The van der Waals surface area contributed by atoms with Crippen LogP contribution in [0.3, 0.4) is 0 Å². The molecule has 214 valence electrons. The van der Waals surface area contributed by atoms with Crippen LogP contribution in [-0.2, 0) is 16.2 Å². The number of ether oxygens (including phenoxy) is 3. The number of aromatic nitrogens is 1. The smallest absolute Gasteiger partial charge is 0.411 e. The molecular weight excluding hydrogens is 555 g/mol. The summed E-state index contributed by atoms with van der Waals surface area (Å²) in [6.07, 6.45) is 1.49. The molecule has 11 heteroatoms. The number of nitrogens with zero attached hydrogens (tertiary/aromatic N) is 4. The number of amides is 1. The highest BCUT2D eigenvalue weighted by molar-refractivity contribution is 6.43. The fraction of sp³-hybridized carbons (Fsp3) is 0.448. The third-order valence-electron chi connectivity index (χ3n) is 7.33. The van der Waals surface area contributed by atoms with Crippen molar-refractivity contribution in [3.63, 3.8) is 0 Å². The minimum Gasteiger partial charge on any atom is -0.494 e. The fourth-order valence-electron chi connectivity index (χ4n) is 5.02. The highest BCUT2D eigenvalue weighted by Gasteiger charge is 2.20. The molecule has 2 saturated heterocycles. The van der Waals surface area contributed by atoms with Gasteiger partial charge >= 0.3 is 6.09 Å². The van der Waals surface area contributed by atoms with E-state index in [1.54, 1.807) is 11.0 Å². The Morgan fingerprint density at radius 2 is 1.70 bits per heavy atom. The molecule has 9 nitrogen and oxygen atoms in total. The zero-order chi connectivity index (χ0) is 27.9.